The summed E-state index contributed by atoms with van der Waals surface area (Å²) in [6.07, 6.45) is 4.19. The van der Waals surface area contributed by atoms with E-state index in [0.29, 0.717) is 28.3 Å². The molecular weight excluding hydrogens is 426 g/mol. The van der Waals surface area contributed by atoms with Gasteiger partial charge in [-0.05, 0) is 50.3 Å². The molecule has 1 fully saturated rings. The number of carbonyl (C=O) groups is 1. The predicted molar refractivity (Wildman–Crippen MR) is 127 cm³/mol. The second-order valence-electron chi connectivity index (χ2n) is 8.22. The van der Waals surface area contributed by atoms with Gasteiger partial charge in [0.15, 0.2) is 6.10 Å². The van der Waals surface area contributed by atoms with Gasteiger partial charge in [0.2, 0.25) is 0 Å². The van der Waals surface area contributed by atoms with Gasteiger partial charge in [0.05, 0.1) is 0 Å². The molecule has 1 aromatic heterocycles. The lowest BCUT2D eigenvalue weighted by atomic mass is 9.99. The van der Waals surface area contributed by atoms with Crippen molar-refractivity contribution < 1.29 is 13.9 Å². The number of halogens is 1. The van der Waals surface area contributed by atoms with E-state index in [1.54, 1.807) is 12.1 Å². The van der Waals surface area contributed by atoms with Crippen LogP contribution in [0.25, 0.3) is 22.1 Å². The van der Waals surface area contributed by atoms with E-state index >= 15 is 0 Å². The molecule has 32 heavy (non-hydrogen) atoms. The molecule has 1 aliphatic rings. The third kappa shape index (κ3) is 4.53. The fourth-order valence-corrected chi connectivity index (χ4v) is 4.73. The Bertz CT molecular complexity index is 1170. The Balaban J connectivity index is 1.64. The highest BCUT2D eigenvalue weighted by atomic mass is 35.5. The molecule has 4 rings (SSSR count). The Morgan fingerprint density at radius 3 is 2.72 bits per heavy atom. The van der Waals surface area contributed by atoms with Crippen molar-refractivity contribution in [1.82, 2.24) is 4.90 Å². The van der Waals surface area contributed by atoms with Crippen molar-refractivity contribution in [3.05, 3.63) is 64.0 Å². The van der Waals surface area contributed by atoms with Crippen molar-refractivity contribution in [3.8, 4) is 16.9 Å². The molecule has 3 aromatic rings. The van der Waals surface area contributed by atoms with Crippen molar-refractivity contribution >= 4 is 28.5 Å². The Morgan fingerprint density at radius 2 is 1.97 bits per heavy atom. The van der Waals surface area contributed by atoms with E-state index < -0.39 is 11.7 Å². The van der Waals surface area contributed by atoms with Crippen molar-refractivity contribution in [2.45, 2.75) is 58.1 Å². The molecule has 0 radical (unpaired) electrons. The van der Waals surface area contributed by atoms with Gasteiger partial charge in [-0.15, -0.1) is 0 Å². The van der Waals surface area contributed by atoms with Gasteiger partial charge >= 0.3 is 5.63 Å². The zero-order chi connectivity index (χ0) is 22.7. The van der Waals surface area contributed by atoms with Crippen LogP contribution < -0.4 is 10.4 Å². The van der Waals surface area contributed by atoms with Gasteiger partial charge in [-0.3, -0.25) is 4.79 Å². The van der Waals surface area contributed by atoms with Crippen LogP contribution in [0.2, 0.25) is 5.02 Å². The number of nitrogens with zero attached hydrogens (tertiary/aromatic N) is 1. The summed E-state index contributed by atoms with van der Waals surface area (Å²) in [5, 5.41) is 1.31. The average Bonchev–Trinajstić information content (AvgIpc) is 2.81. The fourth-order valence-electron chi connectivity index (χ4n) is 4.49. The maximum atomic E-state index is 13.2. The lowest BCUT2D eigenvalue weighted by Crippen LogP contribution is -2.49. The summed E-state index contributed by atoms with van der Waals surface area (Å²) in [7, 11) is 0. The number of ether oxygens (including phenoxy) is 1. The molecule has 0 spiro atoms. The molecule has 168 valence electrons. The minimum absolute atomic E-state index is 0.0328. The average molecular weight is 454 g/mol. The van der Waals surface area contributed by atoms with Crippen LogP contribution >= 0.6 is 11.6 Å². The van der Waals surface area contributed by atoms with Crippen LogP contribution in [-0.2, 0) is 4.79 Å². The van der Waals surface area contributed by atoms with Gasteiger partial charge in [0.25, 0.3) is 5.91 Å². The van der Waals surface area contributed by atoms with Crippen LogP contribution in [0.1, 0.15) is 46.0 Å². The van der Waals surface area contributed by atoms with Crippen molar-refractivity contribution in [3.63, 3.8) is 0 Å². The predicted octanol–water partition coefficient (Wildman–Crippen LogP) is 6.06. The highest BCUT2D eigenvalue weighted by Crippen LogP contribution is 2.34. The molecule has 6 heteroatoms. The quantitative estimate of drug-likeness (QED) is 0.425. The van der Waals surface area contributed by atoms with Crippen LogP contribution in [-0.4, -0.2) is 29.5 Å². The van der Waals surface area contributed by atoms with Gasteiger partial charge in [-0.2, -0.15) is 0 Å². The summed E-state index contributed by atoms with van der Waals surface area (Å²) in [6.45, 7) is 4.86. The zero-order valence-corrected chi connectivity index (χ0v) is 19.2. The maximum Gasteiger partial charge on any atom is 0.336 e. The number of piperidine rings is 1. The minimum Gasteiger partial charge on any atom is -0.480 e. The molecule has 1 saturated heterocycles. The normalized spacial score (nSPS) is 17.3. The largest absolute Gasteiger partial charge is 0.480 e. The smallest absolute Gasteiger partial charge is 0.336 e. The van der Waals surface area contributed by atoms with Crippen LogP contribution in [0.4, 0.5) is 0 Å². The van der Waals surface area contributed by atoms with Gasteiger partial charge in [0.1, 0.15) is 11.3 Å². The van der Waals surface area contributed by atoms with Crippen LogP contribution in [0.3, 0.4) is 0 Å². The van der Waals surface area contributed by atoms with Gasteiger partial charge in [0, 0.05) is 46.3 Å². The fraction of sp³-hybridized carbons (Fsp3) is 0.385. The van der Waals surface area contributed by atoms with Crippen molar-refractivity contribution in [2.24, 2.45) is 0 Å². The number of fused-ring (bicyclic) bond motifs is 1. The molecule has 2 aromatic carbocycles. The summed E-state index contributed by atoms with van der Waals surface area (Å²) in [6, 6.07) is 14.4. The molecule has 1 aliphatic heterocycles. The number of amides is 1. The third-order valence-corrected chi connectivity index (χ3v) is 6.52. The standard InChI is InChI=1S/C26H28ClNO4/c1-3-17-9-7-8-14-28(17)26(30)23(4-2)31-18-12-13-20-21(16-25(29)32-24(20)15-18)19-10-5-6-11-22(19)27/h5-6,10-13,15-17,23H,3-4,7-9,14H2,1-2H3. The summed E-state index contributed by atoms with van der Waals surface area (Å²) < 4.78 is 11.6. The Morgan fingerprint density at radius 1 is 1.16 bits per heavy atom. The van der Waals surface area contributed by atoms with Crippen molar-refractivity contribution in [2.75, 3.05) is 6.54 Å². The number of hydrogen-bond acceptors (Lipinski definition) is 4. The van der Waals surface area contributed by atoms with Crippen molar-refractivity contribution in [1.29, 1.82) is 0 Å². The highest BCUT2D eigenvalue weighted by molar-refractivity contribution is 6.33. The molecule has 0 saturated carbocycles. The summed E-state index contributed by atoms with van der Waals surface area (Å²) >= 11 is 6.36. The summed E-state index contributed by atoms with van der Waals surface area (Å²) in [4.78, 5) is 27.4. The lowest BCUT2D eigenvalue weighted by molar-refractivity contribution is -0.142. The van der Waals surface area contributed by atoms with E-state index in [2.05, 4.69) is 6.92 Å². The SMILES string of the molecule is CCC(Oc1ccc2c(-c3ccccc3Cl)cc(=O)oc2c1)C(=O)N1CCCCC1CC. The van der Waals surface area contributed by atoms with Crippen LogP contribution in [0, 0.1) is 0 Å². The zero-order valence-electron chi connectivity index (χ0n) is 18.5. The van der Waals surface area contributed by atoms with Crippen LogP contribution in [0.5, 0.6) is 5.75 Å². The highest BCUT2D eigenvalue weighted by Gasteiger charge is 2.31. The van der Waals surface area contributed by atoms with E-state index in [4.69, 9.17) is 20.8 Å². The first-order chi connectivity index (χ1) is 15.5. The summed E-state index contributed by atoms with van der Waals surface area (Å²) in [5.41, 5.74) is 1.40. The van der Waals surface area contributed by atoms with Crippen LogP contribution in [0.15, 0.2) is 57.7 Å². The second-order valence-corrected chi connectivity index (χ2v) is 8.63. The Hall–Kier alpha value is -2.79. The van der Waals surface area contributed by atoms with E-state index in [0.717, 1.165) is 43.2 Å². The summed E-state index contributed by atoms with van der Waals surface area (Å²) in [5.74, 6) is 0.535. The maximum absolute atomic E-state index is 13.2. The Kier molecular flexibility index (Phi) is 6.85. The topological polar surface area (TPSA) is 59.8 Å². The van der Waals surface area contributed by atoms with E-state index in [9.17, 15) is 9.59 Å². The van der Waals surface area contributed by atoms with E-state index in [-0.39, 0.29) is 11.9 Å². The molecule has 5 nitrogen and oxygen atoms in total. The molecule has 1 amide bonds. The minimum atomic E-state index is -0.571. The van der Waals surface area contributed by atoms with Gasteiger partial charge < -0.3 is 14.1 Å². The molecule has 2 atom stereocenters. The van der Waals surface area contributed by atoms with E-state index in [1.807, 2.05) is 42.2 Å². The molecule has 0 bridgehead atoms. The van der Waals surface area contributed by atoms with Gasteiger partial charge in [-0.25, -0.2) is 4.79 Å². The van der Waals surface area contributed by atoms with Gasteiger partial charge in [-0.1, -0.05) is 43.6 Å². The third-order valence-electron chi connectivity index (χ3n) is 6.19. The molecule has 2 heterocycles. The lowest BCUT2D eigenvalue weighted by Gasteiger charge is -2.37. The molecule has 0 N–H and O–H groups in total. The first-order valence-corrected chi connectivity index (χ1v) is 11.7. The second kappa shape index (κ2) is 9.78. The molecule has 2 unspecified atom stereocenters. The number of carbonyl (C=O) groups excluding carboxylic acids is 1. The monoisotopic (exact) mass is 453 g/mol. The number of rotatable bonds is 6. The first kappa shape index (κ1) is 22.4. The number of benzene rings is 2. The number of hydrogen-bond donors (Lipinski definition) is 0. The number of likely N-dealkylation sites (tertiary alicyclic amines) is 1. The molecular formula is C26H28ClNO4. The first-order valence-electron chi connectivity index (χ1n) is 11.3. The van der Waals surface area contributed by atoms with E-state index in [1.165, 1.54) is 6.07 Å². The Labute approximate surface area is 192 Å². The molecule has 0 aliphatic carbocycles.